The van der Waals surface area contributed by atoms with Crippen LogP contribution in [0.25, 0.3) is 0 Å². The zero-order chi connectivity index (χ0) is 20.1. The van der Waals surface area contributed by atoms with Crippen molar-refractivity contribution in [2.24, 2.45) is 0 Å². The topological polar surface area (TPSA) is 72.9 Å². The molecule has 29 heavy (non-hydrogen) atoms. The lowest BCUT2D eigenvalue weighted by molar-refractivity contribution is 0.0238. The normalized spacial score (nSPS) is 17.8. The first-order chi connectivity index (χ1) is 14.2. The number of carbonyl (C=O) groups is 1. The summed E-state index contributed by atoms with van der Waals surface area (Å²) in [4.78, 5) is 19.1. The van der Waals surface area contributed by atoms with Crippen molar-refractivity contribution in [1.82, 2.24) is 4.98 Å². The molecule has 8 heteroatoms. The van der Waals surface area contributed by atoms with Crippen molar-refractivity contribution < 1.29 is 19.0 Å². The zero-order valence-corrected chi connectivity index (χ0v) is 16.9. The summed E-state index contributed by atoms with van der Waals surface area (Å²) in [5, 5.41) is 3.20. The van der Waals surface area contributed by atoms with Gasteiger partial charge in [-0.1, -0.05) is 11.6 Å². The number of ether oxygens (including phenoxy) is 3. The third kappa shape index (κ3) is 5.18. The number of hydrogen-bond acceptors (Lipinski definition) is 6. The maximum atomic E-state index is 12.6. The number of benzene rings is 1. The molecule has 0 atom stereocenters. The molecule has 3 heterocycles. The highest BCUT2D eigenvalue weighted by molar-refractivity contribution is 6.32. The van der Waals surface area contributed by atoms with Gasteiger partial charge in [-0.2, -0.15) is 0 Å². The molecule has 2 saturated heterocycles. The maximum absolute atomic E-state index is 12.6. The lowest BCUT2D eigenvalue weighted by Crippen LogP contribution is -2.36. The van der Waals surface area contributed by atoms with E-state index in [-0.39, 0.29) is 12.0 Å². The summed E-state index contributed by atoms with van der Waals surface area (Å²) in [6, 6.07) is 9.36. The van der Waals surface area contributed by atoms with Gasteiger partial charge < -0.3 is 24.4 Å². The van der Waals surface area contributed by atoms with Crippen LogP contribution in [0.2, 0.25) is 5.02 Å². The molecule has 1 aromatic carbocycles. The second-order valence-corrected chi connectivity index (χ2v) is 7.45. The van der Waals surface area contributed by atoms with Crippen molar-refractivity contribution in [3.05, 3.63) is 47.1 Å². The monoisotopic (exact) mass is 417 g/mol. The summed E-state index contributed by atoms with van der Waals surface area (Å²) in [6.45, 7) is 4.57. The summed E-state index contributed by atoms with van der Waals surface area (Å²) in [5.41, 5.74) is 2.21. The summed E-state index contributed by atoms with van der Waals surface area (Å²) in [6.07, 6.45) is 3.14. The van der Waals surface area contributed by atoms with Crippen LogP contribution in [0, 0.1) is 0 Å². The molecule has 154 valence electrons. The van der Waals surface area contributed by atoms with Crippen LogP contribution in [0.5, 0.6) is 5.88 Å². The van der Waals surface area contributed by atoms with E-state index in [0.717, 1.165) is 44.8 Å². The van der Waals surface area contributed by atoms with Gasteiger partial charge in [-0.15, -0.1) is 0 Å². The molecule has 1 N–H and O–H groups in total. The van der Waals surface area contributed by atoms with E-state index >= 15 is 0 Å². The van der Waals surface area contributed by atoms with Gasteiger partial charge in [-0.25, -0.2) is 4.98 Å². The van der Waals surface area contributed by atoms with Crippen LogP contribution in [-0.4, -0.2) is 56.5 Å². The standard InChI is InChI=1S/C21H24ClN3O4/c22-19-13-15(14-23-21(19)29-18-5-9-27-10-6-18)20(26)24-16-1-3-17(4-2-16)25-7-11-28-12-8-25/h1-4,13-14,18H,5-12H2,(H,24,26). The van der Waals surface area contributed by atoms with E-state index in [2.05, 4.69) is 15.2 Å². The average molecular weight is 418 g/mol. The Bertz CT molecular complexity index is 834. The Hall–Kier alpha value is -2.35. The fourth-order valence-corrected chi connectivity index (χ4v) is 3.58. The van der Waals surface area contributed by atoms with Crippen molar-refractivity contribution in [3.63, 3.8) is 0 Å². The lowest BCUT2D eigenvalue weighted by atomic mass is 10.1. The van der Waals surface area contributed by atoms with E-state index in [1.54, 1.807) is 6.07 Å². The molecule has 2 aliphatic rings. The summed E-state index contributed by atoms with van der Waals surface area (Å²) >= 11 is 6.29. The Labute approximate surface area is 174 Å². The minimum absolute atomic E-state index is 0.0402. The number of aromatic nitrogens is 1. The van der Waals surface area contributed by atoms with E-state index < -0.39 is 0 Å². The molecule has 7 nitrogen and oxygen atoms in total. The lowest BCUT2D eigenvalue weighted by Gasteiger charge is -2.28. The molecule has 1 amide bonds. The van der Waals surface area contributed by atoms with Crippen LogP contribution in [0.3, 0.4) is 0 Å². The fraction of sp³-hybridized carbons (Fsp3) is 0.429. The Balaban J connectivity index is 1.37. The Morgan fingerprint density at radius 3 is 2.48 bits per heavy atom. The highest BCUT2D eigenvalue weighted by Gasteiger charge is 2.19. The highest BCUT2D eigenvalue weighted by Crippen LogP contribution is 2.26. The van der Waals surface area contributed by atoms with Crippen molar-refractivity contribution in [1.29, 1.82) is 0 Å². The van der Waals surface area contributed by atoms with Crippen LogP contribution in [0.1, 0.15) is 23.2 Å². The van der Waals surface area contributed by atoms with Gasteiger partial charge in [0.05, 0.1) is 32.0 Å². The van der Waals surface area contributed by atoms with Crippen LogP contribution >= 0.6 is 11.6 Å². The number of hydrogen-bond donors (Lipinski definition) is 1. The largest absolute Gasteiger partial charge is 0.473 e. The molecule has 0 spiro atoms. The number of amides is 1. The first-order valence-corrected chi connectivity index (χ1v) is 10.2. The van der Waals surface area contributed by atoms with Crippen LogP contribution in [-0.2, 0) is 9.47 Å². The van der Waals surface area contributed by atoms with E-state index in [0.29, 0.717) is 35.4 Å². The van der Waals surface area contributed by atoms with Gasteiger partial charge in [0, 0.05) is 43.5 Å². The molecular weight excluding hydrogens is 394 g/mol. The Morgan fingerprint density at radius 2 is 1.79 bits per heavy atom. The van der Waals surface area contributed by atoms with Crippen LogP contribution < -0.4 is 15.0 Å². The Kier molecular flexibility index (Phi) is 6.49. The van der Waals surface area contributed by atoms with Gasteiger partial charge in [0.1, 0.15) is 11.1 Å². The molecule has 2 aliphatic heterocycles. The van der Waals surface area contributed by atoms with E-state index in [1.165, 1.54) is 6.20 Å². The summed E-state index contributed by atoms with van der Waals surface area (Å²) in [5.74, 6) is 0.0844. The van der Waals surface area contributed by atoms with E-state index in [4.69, 9.17) is 25.8 Å². The molecule has 2 fully saturated rings. The van der Waals surface area contributed by atoms with E-state index in [9.17, 15) is 4.79 Å². The number of morpholine rings is 1. The summed E-state index contributed by atoms with van der Waals surface area (Å²) in [7, 11) is 0. The Morgan fingerprint density at radius 1 is 1.10 bits per heavy atom. The molecule has 0 bridgehead atoms. The van der Waals surface area contributed by atoms with Gasteiger partial charge >= 0.3 is 0 Å². The van der Waals surface area contributed by atoms with Crippen molar-refractivity contribution in [2.75, 3.05) is 49.7 Å². The van der Waals surface area contributed by atoms with Gasteiger partial charge in [0.2, 0.25) is 5.88 Å². The predicted octanol–water partition coefficient (Wildman–Crippen LogP) is 3.38. The number of rotatable bonds is 5. The SMILES string of the molecule is O=C(Nc1ccc(N2CCOCC2)cc1)c1cnc(OC2CCOCC2)c(Cl)c1. The molecule has 1 aromatic heterocycles. The quantitative estimate of drug-likeness (QED) is 0.804. The van der Waals surface area contributed by atoms with Gasteiger partial charge in [0.25, 0.3) is 5.91 Å². The number of anilines is 2. The maximum Gasteiger partial charge on any atom is 0.257 e. The number of nitrogens with one attached hydrogen (secondary N) is 1. The third-order valence-electron chi connectivity index (χ3n) is 5.02. The number of carbonyl (C=O) groups excluding carboxylic acids is 1. The number of halogens is 1. The second kappa shape index (κ2) is 9.43. The average Bonchev–Trinajstić information content (AvgIpc) is 2.77. The van der Waals surface area contributed by atoms with Gasteiger partial charge in [-0.05, 0) is 30.3 Å². The zero-order valence-electron chi connectivity index (χ0n) is 16.1. The van der Waals surface area contributed by atoms with E-state index in [1.807, 2.05) is 24.3 Å². The van der Waals surface area contributed by atoms with Gasteiger partial charge in [-0.3, -0.25) is 4.79 Å². The fourth-order valence-electron chi connectivity index (χ4n) is 3.37. The second-order valence-electron chi connectivity index (χ2n) is 7.04. The molecule has 2 aromatic rings. The van der Waals surface area contributed by atoms with Crippen LogP contribution in [0.15, 0.2) is 36.5 Å². The minimum atomic E-state index is -0.267. The van der Waals surface area contributed by atoms with Crippen molar-refractivity contribution in [2.45, 2.75) is 18.9 Å². The predicted molar refractivity (Wildman–Crippen MR) is 111 cm³/mol. The van der Waals surface area contributed by atoms with Crippen LogP contribution in [0.4, 0.5) is 11.4 Å². The minimum Gasteiger partial charge on any atom is -0.473 e. The molecule has 0 radical (unpaired) electrons. The molecular formula is C21H24ClN3O4. The molecule has 0 aliphatic carbocycles. The first-order valence-electron chi connectivity index (χ1n) is 9.83. The molecule has 4 rings (SSSR count). The first kappa shape index (κ1) is 19.9. The highest BCUT2D eigenvalue weighted by atomic mass is 35.5. The summed E-state index contributed by atoms with van der Waals surface area (Å²) < 4.78 is 16.5. The smallest absolute Gasteiger partial charge is 0.257 e. The van der Waals surface area contributed by atoms with Gasteiger partial charge in [0.15, 0.2) is 0 Å². The van der Waals surface area contributed by atoms with Crippen molar-refractivity contribution >= 4 is 28.9 Å². The van der Waals surface area contributed by atoms with Crippen molar-refractivity contribution in [3.8, 4) is 5.88 Å². The third-order valence-corrected chi connectivity index (χ3v) is 5.29. The molecule has 0 unspecified atom stereocenters. The molecule has 0 saturated carbocycles. The number of nitrogens with zero attached hydrogens (tertiary/aromatic N) is 2. The number of pyridine rings is 1.